The van der Waals surface area contributed by atoms with Gasteiger partial charge >= 0.3 is 0 Å². The number of hydrogen-bond donors (Lipinski definition) is 1. The summed E-state index contributed by atoms with van der Waals surface area (Å²) in [4.78, 5) is 4.70. The average molecular weight is 215 g/mol. The van der Waals surface area contributed by atoms with Crippen molar-refractivity contribution < 1.29 is 0 Å². The zero-order valence-corrected chi connectivity index (χ0v) is 11.0. The molecule has 0 rings (SSSR count). The van der Waals surface area contributed by atoms with Crippen LogP contribution in [0.25, 0.3) is 0 Å². The second kappa shape index (κ2) is 9.13. The first-order valence-electron chi connectivity index (χ1n) is 6.22. The summed E-state index contributed by atoms with van der Waals surface area (Å²) in [7, 11) is 4.25. The lowest BCUT2D eigenvalue weighted by atomic mass is 10.1. The molecule has 0 spiro atoms. The fourth-order valence-electron chi connectivity index (χ4n) is 1.78. The van der Waals surface area contributed by atoms with Crippen LogP contribution < -0.4 is 5.73 Å². The van der Waals surface area contributed by atoms with Crippen molar-refractivity contribution in [3.63, 3.8) is 0 Å². The first-order valence-corrected chi connectivity index (χ1v) is 6.22. The molecule has 0 fully saturated rings. The van der Waals surface area contributed by atoms with Crippen LogP contribution in [0.3, 0.4) is 0 Å². The van der Waals surface area contributed by atoms with Crippen molar-refractivity contribution >= 4 is 0 Å². The Hall–Kier alpha value is -0.120. The van der Waals surface area contributed by atoms with Gasteiger partial charge in [0.15, 0.2) is 0 Å². The van der Waals surface area contributed by atoms with Gasteiger partial charge in [-0.2, -0.15) is 0 Å². The van der Waals surface area contributed by atoms with E-state index in [0.29, 0.717) is 6.04 Å². The van der Waals surface area contributed by atoms with Crippen LogP contribution in [0.2, 0.25) is 0 Å². The lowest BCUT2D eigenvalue weighted by molar-refractivity contribution is 0.248. The molecule has 0 saturated heterocycles. The molecule has 0 aliphatic carbocycles. The van der Waals surface area contributed by atoms with E-state index in [1.807, 2.05) is 0 Å². The topological polar surface area (TPSA) is 32.5 Å². The Morgan fingerprint density at radius 3 is 2.27 bits per heavy atom. The van der Waals surface area contributed by atoms with E-state index in [1.54, 1.807) is 0 Å². The normalized spacial score (nSPS) is 13.8. The van der Waals surface area contributed by atoms with Crippen molar-refractivity contribution in [3.05, 3.63) is 0 Å². The SMILES string of the molecule is CCCC(N)CN(CC)CCCN(C)C. The minimum absolute atomic E-state index is 0.356. The molecule has 1 unspecified atom stereocenters. The summed E-state index contributed by atoms with van der Waals surface area (Å²) in [6.45, 7) is 8.92. The van der Waals surface area contributed by atoms with Crippen molar-refractivity contribution in [2.75, 3.05) is 40.3 Å². The summed E-state index contributed by atoms with van der Waals surface area (Å²) in [5.41, 5.74) is 6.04. The van der Waals surface area contributed by atoms with E-state index in [2.05, 4.69) is 37.7 Å². The minimum Gasteiger partial charge on any atom is -0.327 e. The zero-order chi connectivity index (χ0) is 11.7. The Morgan fingerprint density at radius 2 is 1.80 bits per heavy atom. The Balaban J connectivity index is 3.62. The van der Waals surface area contributed by atoms with Crippen LogP contribution in [0.1, 0.15) is 33.1 Å². The van der Waals surface area contributed by atoms with Gasteiger partial charge in [-0.1, -0.05) is 20.3 Å². The van der Waals surface area contributed by atoms with Crippen molar-refractivity contribution in [2.45, 2.75) is 39.2 Å². The van der Waals surface area contributed by atoms with Gasteiger partial charge in [0.05, 0.1) is 0 Å². The summed E-state index contributed by atoms with van der Waals surface area (Å²) in [5.74, 6) is 0. The molecule has 3 nitrogen and oxygen atoms in total. The van der Waals surface area contributed by atoms with Gasteiger partial charge in [-0.05, 0) is 46.6 Å². The molecule has 0 heterocycles. The predicted molar refractivity (Wildman–Crippen MR) is 68.2 cm³/mol. The van der Waals surface area contributed by atoms with Crippen LogP contribution in [0.4, 0.5) is 0 Å². The van der Waals surface area contributed by atoms with E-state index in [9.17, 15) is 0 Å². The first-order chi connectivity index (χ1) is 7.10. The van der Waals surface area contributed by atoms with Gasteiger partial charge in [0.2, 0.25) is 0 Å². The largest absolute Gasteiger partial charge is 0.327 e. The summed E-state index contributed by atoms with van der Waals surface area (Å²) >= 11 is 0. The second-order valence-electron chi connectivity index (χ2n) is 4.60. The quantitative estimate of drug-likeness (QED) is 0.631. The van der Waals surface area contributed by atoms with Crippen molar-refractivity contribution in [2.24, 2.45) is 5.73 Å². The monoisotopic (exact) mass is 215 g/mol. The maximum absolute atomic E-state index is 6.04. The number of rotatable bonds is 9. The second-order valence-corrected chi connectivity index (χ2v) is 4.60. The molecule has 0 bridgehead atoms. The third kappa shape index (κ3) is 8.85. The molecule has 0 radical (unpaired) electrons. The Bertz CT molecular complexity index is 137. The Kier molecular flexibility index (Phi) is 9.06. The predicted octanol–water partition coefficient (Wildman–Crippen LogP) is 1.39. The van der Waals surface area contributed by atoms with Crippen LogP contribution in [0, 0.1) is 0 Å². The number of nitrogens with two attached hydrogens (primary N) is 1. The van der Waals surface area contributed by atoms with Crippen LogP contribution >= 0.6 is 0 Å². The highest BCUT2D eigenvalue weighted by Crippen LogP contribution is 1.99. The summed E-state index contributed by atoms with van der Waals surface area (Å²) < 4.78 is 0. The van der Waals surface area contributed by atoms with Crippen LogP contribution in [-0.2, 0) is 0 Å². The molecule has 92 valence electrons. The van der Waals surface area contributed by atoms with Gasteiger partial charge in [-0.15, -0.1) is 0 Å². The minimum atomic E-state index is 0.356. The van der Waals surface area contributed by atoms with Gasteiger partial charge in [0.25, 0.3) is 0 Å². The molecule has 15 heavy (non-hydrogen) atoms. The van der Waals surface area contributed by atoms with Crippen molar-refractivity contribution in [3.8, 4) is 0 Å². The fourth-order valence-corrected chi connectivity index (χ4v) is 1.78. The number of likely N-dealkylation sites (N-methyl/N-ethyl adjacent to an activating group) is 1. The first kappa shape index (κ1) is 14.9. The third-order valence-electron chi connectivity index (χ3n) is 2.68. The molecular formula is C12H29N3. The lowest BCUT2D eigenvalue weighted by Gasteiger charge is -2.24. The molecular weight excluding hydrogens is 186 g/mol. The molecule has 0 saturated carbocycles. The van der Waals surface area contributed by atoms with E-state index in [4.69, 9.17) is 5.73 Å². The molecule has 3 heteroatoms. The van der Waals surface area contributed by atoms with Gasteiger partial charge < -0.3 is 15.5 Å². The van der Waals surface area contributed by atoms with Crippen LogP contribution in [-0.4, -0.2) is 56.1 Å². The van der Waals surface area contributed by atoms with Gasteiger partial charge in [0.1, 0.15) is 0 Å². The molecule has 2 N–H and O–H groups in total. The van der Waals surface area contributed by atoms with Gasteiger partial charge in [0, 0.05) is 12.6 Å². The highest BCUT2D eigenvalue weighted by molar-refractivity contribution is 4.67. The molecule has 0 aliphatic rings. The zero-order valence-electron chi connectivity index (χ0n) is 11.0. The highest BCUT2D eigenvalue weighted by Gasteiger charge is 2.07. The Morgan fingerprint density at radius 1 is 1.13 bits per heavy atom. The maximum Gasteiger partial charge on any atom is 0.0167 e. The summed E-state index contributed by atoms with van der Waals surface area (Å²) in [6, 6.07) is 0.356. The average Bonchev–Trinajstić information content (AvgIpc) is 2.16. The van der Waals surface area contributed by atoms with Crippen molar-refractivity contribution in [1.82, 2.24) is 9.80 Å². The molecule has 0 aliphatic heterocycles. The molecule has 0 aromatic carbocycles. The maximum atomic E-state index is 6.04. The molecule has 0 amide bonds. The summed E-state index contributed by atoms with van der Waals surface area (Å²) in [5, 5.41) is 0. The smallest absolute Gasteiger partial charge is 0.0167 e. The van der Waals surface area contributed by atoms with E-state index in [0.717, 1.165) is 19.5 Å². The van der Waals surface area contributed by atoms with E-state index >= 15 is 0 Å². The van der Waals surface area contributed by atoms with Crippen LogP contribution in [0.15, 0.2) is 0 Å². The standard InChI is InChI=1S/C12H29N3/c1-5-8-12(13)11-15(6-2)10-7-9-14(3)4/h12H,5-11,13H2,1-4H3. The number of hydrogen-bond acceptors (Lipinski definition) is 3. The van der Waals surface area contributed by atoms with Gasteiger partial charge in [-0.3, -0.25) is 0 Å². The number of nitrogens with zero attached hydrogens (tertiary/aromatic N) is 2. The van der Waals surface area contributed by atoms with E-state index in [-0.39, 0.29) is 0 Å². The fraction of sp³-hybridized carbons (Fsp3) is 1.00. The van der Waals surface area contributed by atoms with E-state index in [1.165, 1.54) is 25.9 Å². The lowest BCUT2D eigenvalue weighted by Crippen LogP contribution is -2.38. The van der Waals surface area contributed by atoms with Crippen LogP contribution in [0.5, 0.6) is 0 Å². The third-order valence-corrected chi connectivity index (χ3v) is 2.68. The van der Waals surface area contributed by atoms with Gasteiger partial charge in [-0.25, -0.2) is 0 Å². The van der Waals surface area contributed by atoms with Crippen molar-refractivity contribution in [1.29, 1.82) is 0 Å². The van der Waals surface area contributed by atoms with E-state index < -0.39 is 0 Å². The molecule has 0 aromatic heterocycles. The molecule has 1 atom stereocenters. The Labute approximate surface area is 95.6 Å². The highest BCUT2D eigenvalue weighted by atomic mass is 15.1. The summed E-state index contributed by atoms with van der Waals surface area (Å²) in [6.07, 6.45) is 3.57. The molecule has 0 aromatic rings.